The summed E-state index contributed by atoms with van der Waals surface area (Å²) in [5.41, 5.74) is 18.6. The second kappa shape index (κ2) is 6.45. The summed E-state index contributed by atoms with van der Waals surface area (Å²) in [6.07, 6.45) is 3.38. The lowest BCUT2D eigenvalue weighted by atomic mass is 9.91. The minimum atomic E-state index is -0.141. The molecule has 9 heteroatoms. The number of hydrogen-bond donors (Lipinski definition) is 4. The highest BCUT2D eigenvalue weighted by atomic mass is 35.5. The van der Waals surface area contributed by atoms with Gasteiger partial charge in [-0.2, -0.15) is 0 Å². The summed E-state index contributed by atoms with van der Waals surface area (Å²) < 4.78 is 0. The van der Waals surface area contributed by atoms with E-state index in [0.29, 0.717) is 11.4 Å². The van der Waals surface area contributed by atoms with Gasteiger partial charge in [-0.3, -0.25) is 5.41 Å². The molecule has 3 rings (SSSR count). The van der Waals surface area contributed by atoms with Crippen LogP contribution in [0.2, 0.25) is 5.15 Å². The van der Waals surface area contributed by atoms with Crippen molar-refractivity contribution in [2.75, 3.05) is 29.5 Å². The SMILES string of the molecule is CC1(N)CCN(c2cnc(C(=N)c3cc(N)nc(Cl)c3)c(N)n2)CC1. The summed E-state index contributed by atoms with van der Waals surface area (Å²) in [5.74, 6) is 1.11. The molecule has 0 aromatic carbocycles. The molecule has 0 saturated carbocycles. The van der Waals surface area contributed by atoms with Crippen LogP contribution >= 0.6 is 11.6 Å². The number of rotatable bonds is 3. The van der Waals surface area contributed by atoms with Gasteiger partial charge >= 0.3 is 0 Å². The predicted octanol–water partition coefficient (Wildman–Crippen LogP) is 1.42. The quantitative estimate of drug-likeness (QED) is 0.478. The summed E-state index contributed by atoms with van der Waals surface area (Å²) in [6, 6.07) is 3.10. The first-order valence-electron chi connectivity index (χ1n) is 7.94. The maximum absolute atomic E-state index is 8.32. The fourth-order valence-corrected chi connectivity index (χ4v) is 3.00. The van der Waals surface area contributed by atoms with E-state index in [9.17, 15) is 0 Å². The van der Waals surface area contributed by atoms with E-state index in [1.54, 1.807) is 18.3 Å². The summed E-state index contributed by atoms with van der Waals surface area (Å²) >= 11 is 5.90. The molecule has 1 aliphatic rings. The van der Waals surface area contributed by atoms with Crippen LogP contribution in [0.5, 0.6) is 0 Å². The van der Waals surface area contributed by atoms with Crippen LogP contribution < -0.4 is 22.1 Å². The number of pyridine rings is 1. The number of nitrogens with zero attached hydrogens (tertiary/aromatic N) is 4. The number of piperidine rings is 1. The molecular weight excluding hydrogens is 340 g/mol. The second-order valence-corrected chi connectivity index (χ2v) is 6.97. The lowest BCUT2D eigenvalue weighted by Crippen LogP contribution is -2.48. The highest BCUT2D eigenvalue weighted by molar-refractivity contribution is 6.30. The molecule has 0 radical (unpaired) electrons. The Morgan fingerprint density at radius 1 is 1.24 bits per heavy atom. The van der Waals surface area contributed by atoms with Crippen LogP contribution in [0.15, 0.2) is 18.3 Å². The molecule has 0 aliphatic carbocycles. The molecule has 0 amide bonds. The van der Waals surface area contributed by atoms with E-state index in [0.717, 1.165) is 25.9 Å². The molecule has 7 N–H and O–H groups in total. The van der Waals surface area contributed by atoms with Crippen LogP contribution in [0.3, 0.4) is 0 Å². The van der Waals surface area contributed by atoms with E-state index in [-0.39, 0.29) is 33.7 Å². The van der Waals surface area contributed by atoms with Crippen molar-refractivity contribution in [2.45, 2.75) is 25.3 Å². The summed E-state index contributed by atoms with van der Waals surface area (Å²) in [5, 5.41) is 8.53. The summed E-state index contributed by atoms with van der Waals surface area (Å²) in [6.45, 7) is 3.66. The fraction of sp³-hybridized carbons (Fsp3) is 0.375. The van der Waals surface area contributed by atoms with Gasteiger partial charge in [-0.15, -0.1) is 0 Å². The number of aromatic nitrogens is 3. The van der Waals surface area contributed by atoms with Crippen molar-refractivity contribution in [1.82, 2.24) is 15.0 Å². The van der Waals surface area contributed by atoms with E-state index in [1.165, 1.54) is 0 Å². The monoisotopic (exact) mass is 360 g/mol. The zero-order chi connectivity index (χ0) is 18.2. The van der Waals surface area contributed by atoms with Crippen molar-refractivity contribution >= 4 is 34.8 Å². The van der Waals surface area contributed by atoms with Gasteiger partial charge in [-0.05, 0) is 31.9 Å². The topological polar surface area (TPSA) is 144 Å². The molecule has 3 heterocycles. The molecule has 0 bridgehead atoms. The maximum atomic E-state index is 8.32. The Balaban J connectivity index is 1.83. The van der Waals surface area contributed by atoms with Crippen LogP contribution in [0.4, 0.5) is 17.5 Å². The molecule has 1 aliphatic heterocycles. The number of anilines is 3. The molecule has 0 spiro atoms. The first-order chi connectivity index (χ1) is 11.7. The van der Waals surface area contributed by atoms with Gasteiger partial charge in [-0.25, -0.2) is 15.0 Å². The molecule has 1 saturated heterocycles. The lowest BCUT2D eigenvalue weighted by molar-refractivity contribution is 0.363. The molecule has 0 unspecified atom stereocenters. The molecule has 2 aromatic heterocycles. The van der Waals surface area contributed by atoms with Gasteiger partial charge in [0.05, 0.1) is 11.9 Å². The Morgan fingerprint density at radius 2 is 1.92 bits per heavy atom. The highest BCUT2D eigenvalue weighted by Crippen LogP contribution is 2.24. The van der Waals surface area contributed by atoms with Gasteiger partial charge in [0.25, 0.3) is 0 Å². The second-order valence-electron chi connectivity index (χ2n) is 6.58. The normalized spacial score (nSPS) is 16.7. The zero-order valence-electron chi connectivity index (χ0n) is 14.0. The van der Waals surface area contributed by atoms with Gasteiger partial charge in [0, 0.05) is 24.2 Å². The van der Waals surface area contributed by atoms with Gasteiger partial charge in [0.2, 0.25) is 0 Å². The minimum Gasteiger partial charge on any atom is -0.384 e. The van der Waals surface area contributed by atoms with Crippen LogP contribution in [-0.2, 0) is 0 Å². The minimum absolute atomic E-state index is 0.0979. The van der Waals surface area contributed by atoms with Gasteiger partial charge in [0.15, 0.2) is 5.82 Å². The number of hydrogen-bond acceptors (Lipinski definition) is 8. The smallest absolute Gasteiger partial charge is 0.154 e. The first kappa shape index (κ1) is 17.4. The number of nitrogens with two attached hydrogens (primary N) is 3. The molecule has 132 valence electrons. The van der Waals surface area contributed by atoms with E-state index < -0.39 is 0 Å². The molecule has 25 heavy (non-hydrogen) atoms. The molecule has 2 aromatic rings. The van der Waals surface area contributed by atoms with Crippen molar-refractivity contribution in [3.05, 3.63) is 34.7 Å². The predicted molar refractivity (Wildman–Crippen MR) is 100 cm³/mol. The summed E-state index contributed by atoms with van der Waals surface area (Å²) in [4.78, 5) is 14.7. The molecular formula is C16H21ClN8. The van der Waals surface area contributed by atoms with Crippen LogP contribution in [-0.4, -0.2) is 39.3 Å². The third-order valence-electron chi connectivity index (χ3n) is 4.36. The standard InChI is InChI=1S/C16H21ClN8/c1-16(21)2-4-25(5-3-16)12-8-22-14(15(20)24-12)13(19)9-6-10(17)23-11(18)7-9/h6-8,19H,2-5,21H2,1H3,(H2,18,23)(H2,20,24). The fourth-order valence-electron chi connectivity index (χ4n) is 2.78. The van der Waals surface area contributed by atoms with Crippen molar-refractivity contribution in [1.29, 1.82) is 5.41 Å². The summed E-state index contributed by atoms with van der Waals surface area (Å²) in [7, 11) is 0. The van der Waals surface area contributed by atoms with Crippen molar-refractivity contribution in [2.24, 2.45) is 5.73 Å². The van der Waals surface area contributed by atoms with Crippen LogP contribution in [0, 0.1) is 5.41 Å². The van der Waals surface area contributed by atoms with Crippen molar-refractivity contribution in [3.8, 4) is 0 Å². The van der Waals surface area contributed by atoms with Gasteiger partial charge in [-0.1, -0.05) is 11.6 Å². The highest BCUT2D eigenvalue weighted by Gasteiger charge is 2.27. The largest absolute Gasteiger partial charge is 0.384 e. The zero-order valence-corrected chi connectivity index (χ0v) is 14.7. The van der Waals surface area contributed by atoms with Gasteiger partial charge < -0.3 is 22.1 Å². The Kier molecular flexibility index (Phi) is 4.49. The Morgan fingerprint density at radius 3 is 2.52 bits per heavy atom. The third-order valence-corrected chi connectivity index (χ3v) is 4.55. The molecule has 1 fully saturated rings. The average Bonchev–Trinajstić information content (AvgIpc) is 2.53. The van der Waals surface area contributed by atoms with E-state index in [4.69, 9.17) is 34.2 Å². The average molecular weight is 361 g/mol. The number of halogens is 1. The van der Waals surface area contributed by atoms with Crippen LogP contribution in [0.1, 0.15) is 31.0 Å². The van der Waals surface area contributed by atoms with Crippen molar-refractivity contribution in [3.63, 3.8) is 0 Å². The van der Waals surface area contributed by atoms with E-state index in [2.05, 4.69) is 26.8 Å². The molecule has 0 atom stereocenters. The lowest BCUT2D eigenvalue weighted by Gasteiger charge is -2.37. The van der Waals surface area contributed by atoms with Crippen LogP contribution in [0.25, 0.3) is 0 Å². The number of nitrogen functional groups attached to an aromatic ring is 2. The van der Waals surface area contributed by atoms with Crippen molar-refractivity contribution < 1.29 is 0 Å². The van der Waals surface area contributed by atoms with Gasteiger partial charge in [0.1, 0.15) is 22.5 Å². The number of nitrogens with one attached hydrogen (secondary N) is 1. The Labute approximate surface area is 150 Å². The van der Waals surface area contributed by atoms with E-state index >= 15 is 0 Å². The molecule has 8 nitrogen and oxygen atoms in total. The first-order valence-corrected chi connectivity index (χ1v) is 8.32. The third kappa shape index (κ3) is 3.80. The maximum Gasteiger partial charge on any atom is 0.154 e. The van der Waals surface area contributed by atoms with E-state index in [1.807, 2.05) is 0 Å². The Bertz CT molecular complexity index is 790. The Hall–Kier alpha value is -2.45.